The van der Waals surface area contributed by atoms with E-state index < -0.39 is 8.07 Å². The van der Waals surface area contributed by atoms with Gasteiger partial charge in [0.2, 0.25) is 0 Å². The lowest BCUT2D eigenvalue weighted by atomic mass is 9.82. The largest absolute Gasteiger partial charge is 0.310 e. The maximum Gasteiger partial charge on any atom is 0.0775 e. The Labute approximate surface area is 229 Å². The average molecular weight is 563 g/mol. The molecule has 0 bridgehead atoms. The Morgan fingerprint density at radius 2 is 1.22 bits per heavy atom. The molecule has 0 unspecified atom stereocenters. The SMILES string of the molecule is CC1(C)c2cc(N(c3ccccc3)c3ccc([Si](C)(C)C)cc3)ccc2-c2c1cc(Br)c1ccccc21. The van der Waals surface area contributed by atoms with Crippen LogP contribution >= 0.6 is 15.9 Å². The predicted octanol–water partition coefficient (Wildman–Crippen LogP) is 9.92. The molecule has 0 heterocycles. The van der Waals surface area contributed by atoms with Crippen LogP contribution in [0.25, 0.3) is 21.9 Å². The highest BCUT2D eigenvalue weighted by Gasteiger charge is 2.37. The van der Waals surface area contributed by atoms with E-state index in [1.807, 2.05) is 0 Å². The summed E-state index contributed by atoms with van der Waals surface area (Å²) >= 11 is 3.86. The van der Waals surface area contributed by atoms with Crippen molar-refractivity contribution in [2.75, 3.05) is 4.90 Å². The first-order chi connectivity index (χ1) is 17.7. The van der Waals surface area contributed by atoms with Gasteiger partial charge in [0.15, 0.2) is 0 Å². The number of nitrogens with zero attached hydrogens (tertiary/aromatic N) is 1. The van der Waals surface area contributed by atoms with E-state index >= 15 is 0 Å². The first-order valence-electron chi connectivity index (χ1n) is 13.0. The highest BCUT2D eigenvalue weighted by Crippen LogP contribution is 2.54. The Morgan fingerprint density at radius 3 is 1.89 bits per heavy atom. The van der Waals surface area contributed by atoms with Crippen LogP contribution in [0, 0.1) is 0 Å². The molecule has 5 aromatic rings. The first kappa shape index (κ1) is 24.2. The molecular weight excluding hydrogens is 530 g/mol. The maximum atomic E-state index is 3.86. The van der Waals surface area contributed by atoms with Crippen molar-refractivity contribution >= 4 is 57.0 Å². The molecule has 1 aliphatic rings. The molecule has 0 atom stereocenters. The van der Waals surface area contributed by atoms with Gasteiger partial charge in [-0.15, -0.1) is 0 Å². The van der Waals surface area contributed by atoms with Crippen molar-refractivity contribution in [3.8, 4) is 11.1 Å². The molecule has 0 spiro atoms. The molecule has 3 heteroatoms. The summed E-state index contributed by atoms with van der Waals surface area (Å²) in [5, 5.41) is 4.06. The van der Waals surface area contributed by atoms with Crippen LogP contribution in [0.3, 0.4) is 0 Å². The van der Waals surface area contributed by atoms with Crippen LogP contribution in [0.5, 0.6) is 0 Å². The van der Waals surface area contributed by atoms with Gasteiger partial charge in [-0.25, -0.2) is 0 Å². The second kappa shape index (κ2) is 8.71. The fraction of sp³-hybridized carbons (Fsp3) is 0.176. The third kappa shape index (κ3) is 3.96. The third-order valence-electron chi connectivity index (χ3n) is 7.88. The lowest BCUT2D eigenvalue weighted by Crippen LogP contribution is -2.37. The third-order valence-corrected chi connectivity index (χ3v) is 10.6. The van der Waals surface area contributed by atoms with Crippen LogP contribution in [0.1, 0.15) is 25.0 Å². The van der Waals surface area contributed by atoms with E-state index in [0.29, 0.717) is 0 Å². The van der Waals surface area contributed by atoms with Crippen LogP contribution in [0.2, 0.25) is 19.6 Å². The van der Waals surface area contributed by atoms with Gasteiger partial charge in [-0.05, 0) is 75.5 Å². The van der Waals surface area contributed by atoms with Crippen LogP contribution in [0.15, 0.2) is 108 Å². The van der Waals surface area contributed by atoms with Crippen molar-refractivity contribution in [2.24, 2.45) is 0 Å². The summed E-state index contributed by atoms with van der Waals surface area (Å²) < 4.78 is 1.16. The molecule has 1 aliphatic carbocycles. The minimum atomic E-state index is -1.37. The van der Waals surface area contributed by atoms with Crippen LogP contribution in [-0.4, -0.2) is 8.07 Å². The number of fused-ring (bicyclic) bond motifs is 5. The molecular formula is C34H32BrNSi. The minimum absolute atomic E-state index is 0.0999. The smallest absolute Gasteiger partial charge is 0.0775 e. The highest BCUT2D eigenvalue weighted by atomic mass is 79.9. The van der Waals surface area contributed by atoms with E-state index in [1.54, 1.807) is 0 Å². The van der Waals surface area contributed by atoms with E-state index in [9.17, 15) is 0 Å². The van der Waals surface area contributed by atoms with Crippen molar-refractivity contribution in [3.63, 3.8) is 0 Å². The number of rotatable bonds is 4. The zero-order valence-electron chi connectivity index (χ0n) is 22.1. The van der Waals surface area contributed by atoms with E-state index in [2.05, 4.69) is 157 Å². The predicted molar refractivity (Wildman–Crippen MR) is 167 cm³/mol. The summed E-state index contributed by atoms with van der Waals surface area (Å²) in [4.78, 5) is 2.39. The summed E-state index contributed by atoms with van der Waals surface area (Å²) in [5.41, 5.74) is 8.93. The minimum Gasteiger partial charge on any atom is -0.310 e. The molecule has 0 saturated heterocycles. The Hall–Kier alpha value is -3.14. The Morgan fingerprint density at radius 1 is 0.622 bits per heavy atom. The van der Waals surface area contributed by atoms with Crippen molar-refractivity contribution < 1.29 is 0 Å². The second-order valence-corrected chi connectivity index (χ2v) is 17.6. The molecule has 6 rings (SSSR count). The van der Waals surface area contributed by atoms with E-state index in [1.165, 1.54) is 55.3 Å². The summed E-state index contributed by atoms with van der Waals surface area (Å²) in [7, 11) is -1.37. The topological polar surface area (TPSA) is 3.24 Å². The molecule has 0 saturated carbocycles. The second-order valence-electron chi connectivity index (χ2n) is 11.6. The molecule has 184 valence electrons. The van der Waals surface area contributed by atoms with Crippen LogP contribution < -0.4 is 10.1 Å². The van der Waals surface area contributed by atoms with Crippen LogP contribution in [0.4, 0.5) is 17.1 Å². The van der Waals surface area contributed by atoms with Gasteiger partial charge in [0, 0.05) is 26.9 Å². The number of hydrogen-bond donors (Lipinski definition) is 0. The number of anilines is 3. The van der Waals surface area contributed by atoms with Crippen molar-refractivity contribution in [3.05, 3.63) is 119 Å². The zero-order valence-corrected chi connectivity index (χ0v) is 24.7. The van der Waals surface area contributed by atoms with Gasteiger partial charge < -0.3 is 4.90 Å². The molecule has 5 aromatic carbocycles. The standard InChI is InChI=1S/C34H32BrNSi/c1-34(2)30-21-25(17-20-29(30)33-28-14-10-9-13-27(28)32(35)22-31(33)34)36(23-11-7-6-8-12-23)24-15-18-26(19-16-24)37(3,4)5/h6-22H,1-5H3. The zero-order chi connectivity index (χ0) is 25.9. The number of hydrogen-bond acceptors (Lipinski definition) is 1. The van der Waals surface area contributed by atoms with Gasteiger partial charge in [-0.1, -0.05) is 115 Å². The van der Waals surface area contributed by atoms with Gasteiger partial charge in [-0.2, -0.15) is 0 Å². The van der Waals surface area contributed by atoms with Gasteiger partial charge in [0.25, 0.3) is 0 Å². The van der Waals surface area contributed by atoms with Gasteiger partial charge >= 0.3 is 0 Å². The highest BCUT2D eigenvalue weighted by molar-refractivity contribution is 9.10. The number of halogens is 1. The van der Waals surface area contributed by atoms with E-state index in [4.69, 9.17) is 0 Å². The molecule has 37 heavy (non-hydrogen) atoms. The summed E-state index contributed by atoms with van der Waals surface area (Å²) in [6, 6.07) is 38.1. The number of benzene rings is 5. The fourth-order valence-electron chi connectivity index (χ4n) is 5.80. The molecule has 0 amide bonds. The molecule has 0 aromatic heterocycles. The first-order valence-corrected chi connectivity index (χ1v) is 17.3. The normalized spacial score (nSPS) is 13.9. The Bertz CT molecular complexity index is 1630. The fourth-order valence-corrected chi connectivity index (χ4v) is 7.54. The summed E-state index contributed by atoms with van der Waals surface area (Å²) in [6.45, 7) is 11.9. The monoisotopic (exact) mass is 561 g/mol. The average Bonchev–Trinajstić information content (AvgIpc) is 3.11. The number of para-hydroxylation sites is 1. The summed E-state index contributed by atoms with van der Waals surface area (Å²) in [5.74, 6) is 0. The molecule has 0 aliphatic heterocycles. The van der Waals surface area contributed by atoms with Gasteiger partial charge in [-0.3, -0.25) is 0 Å². The lowest BCUT2D eigenvalue weighted by molar-refractivity contribution is 0.660. The van der Waals surface area contributed by atoms with Crippen molar-refractivity contribution in [1.29, 1.82) is 0 Å². The van der Waals surface area contributed by atoms with E-state index in [-0.39, 0.29) is 5.41 Å². The Kier molecular flexibility index (Phi) is 5.70. The molecule has 0 radical (unpaired) electrons. The van der Waals surface area contributed by atoms with Crippen molar-refractivity contribution in [2.45, 2.75) is 38.9 Å². The van der Waals surface area contributed by atoms with Crippen LogP contribution in [-0.2, 0) is 5.41 Å². The van der Waals surface area contributed by atoms with Gasteiger partial charge in [0.1, 0.15) is 0 Å². The van der Waals surface area contributed by atoms with Gasteiger partial charge in [0.05, 0.1) is 8.07 Å². The maximum absolute atomic E-state index is 3.86. The van der Waals surface area contributed by atoms with E-state index in [0.717, 1.165) is 4.47 Å². The Balaban J connectivity index is 1.54. The molecule has 0 N–H and O–H groups in total. The molecule has 0 fully saturated rings. The lowest BCUT2D eigenvalue weighted by Gasteiger charge is -2.28. The molecule has 1 nitrogen and oxygen atoms in total. The van der Waals surface area contributed by atoms with Crippen molar-refractivity contribution in [1.82, 2.24) is 0 Å². The quantitative estimate of drug-likeness (QED) is 0.197. The summed E-state index contributed by atoms with van der Waals surface area (Å²) in [6.07, 6.45) is 0.